The van der Waals surface area contributed by atoms with Crippen LogP contribution in [0.4, 0.5) is 11.5 Å². The Morgan fingerprint density at radius 3 is 2.29 bits per heavy atom. The van der Waals surface area contributed by atoms with Crippen LogP contribution in [0.25, 0.3) is 0 Å². The van der Waals surface area contributed by atoms with Crippen molar-refractivity contribution >= 4 is 17.4 Å². The molecule has 0 radical (unpaired) electrons. The summed E-state index contributed by atoms with van der Waals surface area (Å²) in [5.74, 6) is 0.580. The Bertz CT molecular complexity index is 676. The topological polar surface area (TPSA) is 58.1 Å². The molecule has 1 heterocycles. The number of anilines is 2. The number of rotatable bonds is 7. The van der Waals surface area contributed by atoms with Crippen molar-refractivity contribution in [3.8, 4) is 0 Å². The van der Waals surface area contributed by atoms with Gasteiger partial charge in [-0.15, -0.1) is 0 Å². The first kappa shape index (κ1) is 17.9. The number of hydrogen-bond acceptors (Lipinski definition) is 4. The molecule has 0 saturated heterocycles. The van der Waals surface area contributed by atoms with Crippen molar-refractivity contribution in [1.29, 1.82) is 0 Å². The second kappa shape index (κ2) is 8.43. The molecule has 0 atom stereocenters. The molecule has 0 aliphatic heterocycles. The number of aryl methyl sites for hydroxylation is 2. The number of amides is 1. The van der Waals surface area contributed by atoms with Crippen LogP contribution in [-0.4, -0.2) is 33.9 Å². The molecule has 2 rings (SSSR count). The first-order valence-corrected chi connectivity index (χ1v) is 8.50. The van der Waals surface area contributed by atoms with Gasteiger partial charge in [0.2, 0.25) is 0 Å². The molecular formula is C19H26N4O. The molecule has 0 spiro atoms. The number of carbonyl (C=O) groups excluding carboxylic acids is 1. The summed E-state index contributed by atoms with van der Waals surface area (Å²) in [4.78, 5) is 22.9. The predicted octanol–water partition coefficient (Wildman–Crippen LogP) is 4.10. The number of aromatic nitrogens is 2. The summed E-state index contributed by atoms with van der Waals surface area (Å²) in [5.41, 5.74) is 3.82. The van der Waals surface area contributed by atoms with Crippen LogP contribution in [0.5, 0.6) is 0 Å². The molecule has 0 aliphatic rings. The van der Waals surface area contributed by atoms with Gasteiger partial charge in [0.25, 0.3) is 5.91 Å². The van der Waals surface area contributed by atoms with Crippen molar-refractivity contribution in [2.45, 2.75) is 40.5 Å². The largest absolute Gasteiger partial charge is 0.339 e. The van der Waals surface area contributed by atoms with E-state index < -0.39 is 0 Å². The lowest BCUT2D eigenvalue weighted by Crippen LogP contribution is -2.33. The van der Waals surface area contributed by atoms with Crippen molar-refractivity contribution in [3.05, 3.63) is 47.4 Å². The van der Waals surface area contributed by atoms with Crippen LogP contribution in [-0.2, 0) is 0 Å². The Labute approximate surface area is 144 Å². The molecule has 0 saturated carbocycles. The lowest BCUT2D eigenvalue weighted by Gasteiger charge is -2.20. The van der Waals surface area contributed by atoms with Crippen LogP contribution in [0.1, 0.15) is 48.3 Å². The summed E-state index contributed by atoms with van der Waals surface area (Å²) in [6, 6.07) is 6.14. The fraction of sp³-hybridized carbons (Fsp3) is 0.421. The van der Waals surface area contributed by atoms with Crippen molar-refractivity contribution in [2.24, 2.45) is 0 Å². The maximum atomic E-state index is 12.5. The third-order valence-electron chi connectivity index (χ3n) is 3.92. The van der Waals surface area contributed by atoms with Crippen LogP contribution in [0.2, 0.25) is 0 Å². The van der Waals surface area contributed by atoms with Gasteiger partial charge in [0.05, 0.1) is 12.4 Å². The fourth-order valence-electron chi connectivity index (χ4n) is 2.49. The molecule has 1 N–H and O–H groups in total. The molecule has 5 nitrogen and oxygen atoms in total. The van der Waals surface area contributed by atoms with E-state index in [2.05, 4.69) is 55.1 Å². The summed E-state index contributed by atoms with van der Waals surface area (Å²) in [6.07, 6.45) is 5.03. The van der Waals surface area contributed by atoms with Gasteiger partial charge in [0, 0.05) is 18.8 Å². The Balaban J connectivity index is 2.09. The van der Waals surface area contributed by atoms with Gasteiger partial charge < -0.3 is 10.2 Å². The highest BCUT2D eigenvalue weighted by Crippen LogP contribution is 2.18. The van der Waals surface area contributed by atoms with Crippen LogP contribution >= 0.6 is 0 Å². The number of hydrogen-bond donors (Lipinski definition) is 1. The van der Waals surface area contributed by atoms with E-state index in [4.69, 9.17) is 0 Å². The molecule has 0 unspecified atom stereocenters. The Morgan fingerprint density at radius 1 is 1.04 bits per heavy atom. The quantitative estimate of drug-likeness (QED) is 0.832. The zero-order valence-corrected chi connectivity index (χ0v) is 15.0. The predicted molar refractivity (Wildman–Crippen MR) is 97.7 cm³/mol. The summed E-state index contributed by atoms with van der Waals surface area (Å²) < 4.78 is 0. The van der Waals surface area contributed by atoms with Gasteiger partial charge in [-0.3, -0.25) is 4.79 Å². The zero-order chi connectivity index (χ0) is 17.5. The Hall–Kier alpha value is -2.43. The molecule has 1 aromatic heterocycles. The lowest BCUT2D eigenvalue weighted by atomic mass is 10.1. The Kier molecular flexibility index (Phi) is 6.29. The van der Waals surface area contributed by atoms with Crippen LogP contribution in [0.3, 0.4) is 0 Å². The third kappa shape index (κ3) is 4.54. The van der Waals surface area contributed by atoms with E-state index in [-0.39, 0.29) is 5.91 Å². The highest BCUT2D eigenvalue weighted by Gasteiger charge is 2.16. The molecule has 5 heteroatoms. The van der Waals surface area contributed by atoms with Crippen molar-refractivity contribution in [3.63, 3.8) is 0 Å². The van der Waals surface area contributed by atoms with E-state index in [1.54, 1.807) is 12.4 Å². The molecule has 24 heavy (non-hydrogen) atoms. The highest BCUT2D eigenvalue weighted by molar-refractivity contribution is 5.92. The van der Waals surface area contributed by atoms with Crippen LogP contribution in [0, 0.1) is 13.8 Å². The first-order chi connectivity index (χ1) is 11.5. The fourth-order valence-corrected chi connectivity index (χ4v) is 2.49. The van der Waals surface area contributed by atoms with Gasteiger partial charge in [0.1, 0.15) is 11.5 Å². The number of nitrogens with zero attached hydrogens (tertiary/aromatic N) is 3. The summed E-state index contributed by atoms with van der Waals surface area (Å²) in [5, 5.41) is 3.22. The summed E-state index contributed by atoms with van der Waals surface area (Å²) >= 11 is 0. The average molecular weight is 326 g/mol. The van der Waals surface area contributed by atoms with E-state index >= 15 is 0 Å². The maximum Gasteiger partial charge on any atom is 0.274 e. The summed E-state index contributed by atoms with van der Waals surface area (Å²) in [6.45, 7) is 9.78. The maximum absolute atomic E-state index is 12.5. The highest BCUT2D eigenvalue weighted by atomic mass is 16.2. The molecule has 0 aliphatic carbocycles. The van der Waals surface area contributed by atoms with Gasteiger partial charge in [-0.25, -0.2) is 9.97 Å². The van der Waals surface area contributed by atoms with Gasteiger partial charge in [0.15, 0.2) is 0 Å². The number of carbonyl (C=O) groups is 1. The van der Waals surface area contributed by atoms with Gasteiger partial charge in [-0.1, -0.05) is 19.9 Å². The number of benzene rings is 1. The molecule has 2 aromatic rings. The standard InChI is InChI=1S/C19H26N4O/c1-5-9-23(10-6-2)19(24)17-12-21-18(13-20-17)22-16-8-7-14(3)15(4)11-16/h7-8,11-13H,5-6,9-10H2,1-4H3,(H,21,22). The molecule has 128 valence electrons. The van der Waals surface area contributed by atoms with E-state index in [1.165, 1.54) is 11.1 Å². The molecule has 1 aromatic carbocycles. The van der Waals surface area contributed by atoms with Crippen LogP contribution < -0.4 is 5.32 Å². The second-order valence-corrected chi connectivity index (χ2v) is 6.00. The van der Waals surface area contributed by atoms with Crippen LogP contribution in [0.15, 0.2) is 30.6 Å². The molecule has 0 fully saturated rings. The van der Waals surface area contributed by atoms with E-state index in [1.807, 2.05) is 11.0 Å². The minimum atomic E-state index is -0.0519. The van der Waals surface area contributed by atoms with Crippen molar-refractivity contribution in [2.75, 3.05) is 18.4 Å². The van der Waals surface area contributed by atoms with Gasteiger partial charge in [-0.2, -0.15) is 0 Å². The van der Waals surface area contributed by atoms with E-state index in [0.717, 1.165) is 31.6 Å². The van der Waals surface area contributed by atoms with Gasteiger partial charge >= 0.3 is 0 Å². The number of nitrogens with one attached hydrogen (secondary N) is 1. The first-order valence-electron chi connectivity index (χ1n) is 8.50. The SMILES string of the molecule is CCCN(CCC)C(=O)c1cnc(Nc2ccc(C)c(C)c2)cn1. The van der Waals surface area contributed by atoms with E-state index in [0.29, 0.717) is 11.5 Å². The monoisotopic (exact) mass is 326 g/mol. The zero-order valence-electron chi connectivity index (χ0n) is 15.0. The second-order valence-electron chi connectivity index (χ2n) is 6.00. The molecule has 0 bridgehead atoms. The third-order valence-corrected chi connectivity index (χ3v) is 3.92. The smallest absolute Gasteiger partial charge is 0.274 e. The summed E-state index contributed by atoms with van der Waals surface area (Å²) in [7, 11) is 0. The molecular weight excluding hydrogens is 300 g/mol. The van der Waals surface area contributed by atoms with Crippen molar-refractivity contribution < 1.29 is 4.79 Å². The van der Waals surface area contributed by atoms with Crippen molar-refractivity contribution in [1.82, 2.24) is 14.9 Å². The average Bonchev–Trinajstić information content (AvgIpc) is 2.58. The lowest BCUT2D eigenvalue weighted by molar-refractivity contribution is 0.0749. The molecule has 1 amide bonds. The minimum absolute atomic E-state index is 0.0519. The normalized spacial score (nSPS) is 10.5. The minimum Gasteiger partial charge on any atom is -0.339 e. The van der Waals surface area contributed by atoms with Gasteiger partial charge in [-0.05, 0) is 49.9 Å². The Morgan fingerprint density at radius 2 is 1.75 bits per heavy atom. The van der Waals surface area contributed by atoms with E-state index in [9.17, 15) is 4.79 Å².